The number of carbonyl (C=O) groups excluding carboxylic acids is 1. The summed E-state index contributed by atoms with van der Waals surface area (Å²) < 4.78 is 2.37. The highest BCUT2D eigenvalue weighted by Crippen LogP contribution is 2.20. The van der Waals surface area contributed by atoms with Gasteiger partial charge in [0.2, 0.25) is 5.91 Å². The Balaban J connectivity index is 1.89. The fourth-order valence-corrected chi connectivity index (χ4v) is 2.85. The van der Waals surface area contributed by atoms with Gasteiger partial charge in [-0.2, -0.15) is 0 Å². The molecule has 1 aromatic heterocycles. The molecule has 1 amide bonds. The molecule has 3 rings (SSSR count). The maximum atomic E-state index is 12.3. The molecule has 0 aliphatic rings. The summed E-state index contributed by atoms with van der Waals surface area (Å²) in [5.74, 6) is -0.256. The second-order valence-corrected chi connectivity index (χ2v) is 6.09. The molecule has 1 N–H and O–H groups in total. The van der Waals surface area contributed by atoms with E-state index in [0.717, 1.165) is 15.7 Å². The van der Waals surface area contributed by atoms with E-state index in [2.05, 4.69) is 26.2 Å². The molecule has 23 heavy (non-hydrogen) atoms. The monoisotopic (exact) mass is 371 g/mol. The van der Waals surface area contributed by atoms with Crippen LogP contribution in [0.15, 0.2) is 57.9 Å². The molecule has 1 heterocycles. The Morgan fingerprint density at radius 3 is 2.83 bits per heavy atom. The van der Waals surface area contributed by atoms with E-state index < -0.39 is 0 Å². The second kappa shape index (κ2) is 6.34. The van der Waals surface area contributed by atoms with Crippen molar-refractivity contribution < 1.29 is 4.79 Å². The lowest BCUT2D eigenvalue weighted by Gasteiger charge is -2.11. The standard InChI is InChI=1S/C17H14BrN3O2/c1-11-8-12(18)6-7-13(11)20-16(22)10-21-15-5-3-2-4-14(15)19-9-17(21)23/h2-9H,10H2,1H3,(H,20,22). The second-order valence-electron chi connectivity index (χ2n) is 5.18. The van der Waals surface area contributed by atoms with E-state index in [1.807, 2.05) is 43.3 Å². The van der Waals surface area contributed by atoms with Crippen LogP contribution in [0.4, 0.5) is 5.69 Å². The summed E-state index contributed by atoms with van der Waals surface area (Å²) in [5.41, 5.74) is 2.69. The van der Waals surface area contributed by atoms with Gasteiger partial charge in [0.1, 0.15) is 6.54 Å². The van der Waals surface area contributed by atoms with Crippen LogP contribution in [-0.4, -0.2) is 15.5 Å². The van der Waals surface area contributed by atoms with Gasteiger partial charge in [0.15, 0.2) is 0 Å². The van der Waals surface area contributed by atoms with Crippen LogP contribution in [0.1, 0.15) is 5.56 Å². The molecular weight excluding hydrogens is 358 g/mol. The predicted octanol–water partition coefficient (Wildman–Crippen LogP) is 3.11. The van der Waals surface area contributed by atoms with Gasteiger partial charge in [-0.3, -0.25) is 14.2 Å². The lowest BCUT2D eigenvalue weighted by molar-refractivity contribution is -0.116. The van der Waals surface area contributed by atoms with E-state index in [9.17, 15) is 9.59 Å². The summed E-state index contributed by atoms with van der Waals surface area (Å²) in [6.45, 7) is 1.85. The van der Waals surface area contributed by atoms with E-state index in [0.29, 0.717) is 11.0 Å². The van der Waals surface area contributed by atoms with Gasteiger partial charge in [-0.15, -0.1) is 0 Å². The first kappa shape index (κ1) is 15.4. The molecule has 2 aromatic carbocycles. The number of nitrogens with one attached hydrogen (secondary N) is 1. The third kappa shape index (κ3) is 3.32. The molecule has 0 bridgehead atoms. The molecule has 3 aromatic rings. The summed E-state index contributed by atoms with van der Waals surface area (Å²) in [6, 6.07) is 12.8. The minimum Gasteiger partial charge on any atom is -0.324 e. The molecule has 6 heteroatoms. The minimum atomic E-state index is -0.300. The van der Waals surface area contributed by atoms with Crippen LogP contribution in [-0.2, 0) is 11.3 Å². The van der Waals surface area contributed by atoms with Gasteiger partial charge >= 0.3 is 0 Å². The van der Waals surface area contributed by atoms with Crippen molar-refractivity contribution in [3.63, 3.8) is 0 Å². The molecule has 0 radical (unpaired) electrons. The average Bonchev–Trinajstić information content (AvgIpc) is 2.53. The zero-order chi connectivity index (χ0) is 16.4. The maximum absolute atomic E-state index is 12.3. The number of aryl methyl sites for hydroxylation is 1. The molecular formula is C17H14BrN3O2. The topological polar surface area (TPSA) is 64.0 Å². The summed E-state index contributed by atoms with van der Waals surface area (Å²) >= 11 is 3.39. The van der Waals surface area contributed by atoms with E-state index in [1.165, 1.54) is 10.8 Å². The number of rotatable bonds is 3. The number of benzene rings is 2. The third-order valence-corrected chi connectivity index (χ3v) is 4.01. The molecule has 116 valence electrons. The Bertz CT molecular complexity index is 950. The zero-order valence-corrected chi connectivity index (χ0v) is 14.0. The Kier molecular flexibility index (Phi) is 4.25. The number of aromatic nitrogens is 2. The van der Waals surface area contributed by atoms with Crippen molar-refractivity contribution in [3.05, 3.63) is 69.1 Å². The fourth-order valence-electron chi connectivity index (χ4n) is 2.38. The van der Waals surface area contributed by atoms with Gasteiger partial charge in [-0.25, -0.2) is 4.98 Å². The summed E-state index contributed by atoms with van der Waals surface area (Å²) in [5, 5.41) is 2.84. The molecule has 0 unspecified atom stereocenters. The molecule has 0 aliphatic carbocycles. The Labute approximate surface area is 141 Å². The van der Waals surface area contributed by atoms with Gasteiger partial charge in [0, 0.05) is 10.2 Å². The van der Waals surface area contributed by atoms with Crippen molar-refractivity contribution in [2.24, 2.45) is 0 Å². The van der Waals surface area contributed by atoms with Gasteiger partial charge in [-0.1, -0.05) is 28.1 Å². The molecule has 5 nitrogen and oxygen atoms in total. The fraction of sp³-hybridized carbons (Fsp3) is 0.118. The van der Waals surface area contributed by atoms with Crippen molar-refractivity contribution >= 4 is 38.6 Å². The van der Waals surface area contributed by atoms with Crippen LogP contribution >= 0.6 is 15.9 Å². The number of halogens is 1. The van der Waals surface area contributed by atoms with E-state index in [4.69, 9.17) is 0 Å². The highest BCUT2D eigenvalue weighted by molar-refractivity contribution is 9.10. The Morgan fingerprint density at radius 2 is 2.04 bits per heavy atom. The van der Waals surface area contributed by atoms with E-state index in [1.54, 1.807) is 6.07 Å². The molecule has 0 atom stereocenters. The highest BCUT2D eigenvalue weighted by atomic mass is 79.9. The van der Waals surface area contributed by atoms with Crippen LogP contribution in [0.3, 0.4) is 0 Å². The first-order chi connectivity index (χ1) is 11.0. The number of hydrogen-bond acceptors (Lipinski definition) is 3. The average molecular weight is 372 g/mol. The van der Waals surface area contributed by atoms with Crippen molar-refractivity contribution in [3.8, 4) is 0 Å². The van der Waals surface area contributed by atoms with E-state index >= 15 is 0 Å². The van der Waals surface area contributed by atoms with Gasteiger partial charge in [0.05, 0.1) is 17.2 Å². The van der Waals surface area contributed by atoms with Crippen molar-refractivity contribution in [1.29, 1.82) is 0 Å². The summed E-state index contributed by atoms with van der Waals surface area (Å²) in [4.78, 5) is 28.4. The molecule has 0 saturated carbocycles. The number of nitrogens with zero attached hydrogens (tertiary/aromatic N) is 2. The van der Waals surface area contributed by atoms with Crippen molar-refractivity contribution in [2.75, 3.05) is 5.32 Å². The van der Waals surface area contributed by atoms with Crippen LogP contribution in [0.25, 0.3) is 11.0 Å². The van der Waals surface area contributed by atoms with Crippen LogP contribution < -0.4 is 10.9 Å². The smallest absolute Gasteiger partial charge is 0.269 e. The molecule has 0 saturated heterocycles. The SMILES string of the molecule is Cc1cc(Br)ccc1NC(=O)Cn1c(=O)cnc2ccccc21. The molecule has 0 aliphatic heterocycles. The summed E-state index contributed by atoms with van der Waals surface area (Å²) in [7, 11) is 0. The third-order valence-electron chi connectivity index (χ3n) is 3.52. The first-order valence-electron chi connectivity index (χ1n) is 7.05. The number of hydrogen-bond donors (Lipinski definition) is 1. The Morgan fingerprint density at radius 1 is 1.26 bits per heavy atom. The highest BCUT2D eigenvalue weighted by Gasteiger charge is 2.10. The van der Waals surface area contributed by atoms with Crippen LogP contribution in [0, 0.1) is 6.92 Å². The maximum Gasteiger partial charge on any atom is 0.269 e. The molecule has 0 fully saturated rings. The number of anilines is 1. The predicted molar refractivity (Wildman–Crippen MR) is 93.5 cm³/mol. The summed E-state index contributed by atoms with van der Waals surface area (Å²) in [6.07, 6.45) is 1.24. The number of amides is 1. The number of fused-ring (bicyclic) bond motifs is 1. The van der Waals surface area contributed by atoms with Gasteiger partial charge in [0.25, 0.3) is 5.56 Å². The van der Waals surface area contributed by atoms with Crippen molar-refractivity contribution in [1.82, 2.24) is 9.55 Å². The minimum absolute atomic E-state index is 0.0582. The van der Waals surface area contributed by atoms with Gasteiger partial charge in [-0.05, 0) is 42.8 Å². The quantitative estimate of drug-likeness (QED) is 0.769. The van der Waals surface area contributed by atoms with E-state index in [-0.39, 0.29) is 18.0 Å². The Hall–Kier alpha value is -2.47. The molecule has 0 spiro atoms. The van der Waals surface area contributed by atoms with Crippen LogP contribution in [0.2, 0.25) is 0 Å². The lowest BCUT2D eigenvalue weighted by Crippen LogP contribution is -2.28. The normalized spacial score (nSPS) is 10.7. The zero-order valence-electron chi connectivity index (χ0n) is 12.4. The first-order valence-corrected chi connectivity index (χ1v) is 7.84. The lowest BCUT2D eigenvalue weighted by atomic mass is 10.2. The van der Waals surface area contributed by atoms with Crippen molar-refractivity contribution in [2.45, 2.75) is 13.5 Å². The number of para-hydroxylation sites is 2. The van der Waals surface area contributed by atoms with Gasteiger partial charge < -0.3 is 5.32 Å². The number of carbonyl (C=O) groups is 1. The van der Waals surface area contributed by atoms with Crippen LogP contribution in [0.5, 0.6) is 0 Å². The largest absolute Gasteiger partial charge is 0.324 e.